The maximum atomic E-state index is 13.5. The van der Waals surface area contributed by atoms with Crippen molar-refractivity contribution in [1.29, 1.82) is 0 Å². The number of carbonyl (C=O) groups is 6. The fourth-order valence-corrected chi connectivity index (χ4v) is 8.35. The van der Waals surface area contributed by atoms with E-state index in [0.717, 1.165) is 55.6 Å². The maximum Gasteiger partial charge on any atom is 0.346 e. The third kappa shape index (κ3) is 5.21. The quantitative estimate of drug-likeness (QED) is 0.0876. The predicted molar refractivity (Wildman–Crippen MR) is 202 cm³/mol. The molecule has 55 heavy (non-hydrogen) atoms. The molecule has 0 saturated carbocycles. The van der Waals surface area contributed by atoms with Crippen LogP contribution in [0.4, 0.5) is 0 Å². The molecule has 0 saturated heterocycles. The molecule has 0 fully saturated rings. The van der Waals surface area contributed by atoms with Crippen LogP contribution in [0.2, 0.25) is 0 Å². The fraction of sp³-hybridized carbons (Fsp3) is 0.106. The van der Waals surface area contributed by atoms with E-state index in [9.17, 15) is 28.8 Å². The SMILES string of the molecule is Cc1cc(C2(c3ccc(CC(=O)c4ccc5c(c4)C(=O)OC5=O)c(C)c3)c3ccccc3-c3ccccc32)ccc1CC(=O)c1ccc2c(c1)C(=O)OC2=O. The molecule has 3 aliphatic rings. The molecule has 6 aromatic carbocycles. The van der Waals surface area contributed by atoms with E-state index in [4.69, 9.17) is 9.47 Å². The normalized spacial score (nSPS) is 14.5. The lowest BCUT2D eigenvalue weighted by molar-refractivity contribution is 0.0425. The summed E-state index contributed by atoms with van der Waals surface area (Å²) in [5.74, 6) is -3.30. The number of ketones is 2. The molecule has 266 valence electrons. The van der Waals surface area contributed by atoms with Gasteiger partial charge < -0.3 is 9.47 Å². The molecule has 0 aromatic heterocycles. The molecule has 0 radical (unpaired) electrons. The molecule has 2 heterocycles. The van der Waals surface area contributed by atoms with E-state index in [1.807, 2.05) is 50.2 Å². The summed E-state index contributed by atoms with van der Waals surface area (Å²) in [7, 11) is 0. The van der Waals surface area contributed by atoms with Gasteiger partial charge in [0.2, 0.25) is 0 Å². The maximum absolute atomic E-state index is 13.5. The van der Waals surface area contributed by atoms with Crippen LogP contribution in [0, 0.1) is 13.8 Å². The summed E-state index contributed by atoms with van der Waals surface area (Å²) >= 11 is 0. The highest BCUT2D eigenvalue weighted by molar-refractivity contribution is 6.16. The average molecular weight is 723 g/mol. The van der Waals surface area contributed by atoms with Crippen LogP contribution in [0.15, 0.2) is 121 Å². The number of esters is 4. The molecule has 9 rings (SSSR count). The molecule has 0 N–H and O–H groups in total. The first-order valence-corrected chi connectivity index (χ1v) is 17.8. The second-order valence-electron chi connectivity index (χ2n) is 14.2. The van der Waals surface area contributed by atoms with E-state index in [1.165, 1.54) is 24.3 Å². The van der Waals surface area contributed by atoms with Gasteiger partial charge in [0.1, 0.15) is 0 Å². The molecule has 2 aliphatic heterocycles. The number of fused-ring (bicyclic) bond motifs is 5. The van der Waals surface area contributed by atoms with Crippen LogP contribution in [0.5, 0.6) is 0 Å². The van der Waals surface area contributed by atoms with Gasteiger partial charge in [-0.25, -0.2) is 19.2 Å². The lowest BCUT2D eigenvalue weighted by atomic mass is 9.67. The van der Waals surface area contributed by atoms with Gasteiger partial charge in [0, 0.05) is 24.0 Å². The second kappa shape index (κ2) is 12.5. The summed E-state index contributed by atoms with van der Waals surface area (Å²) in [5, 5.41) is 0. The van der Waals surface area contributed by atoms with E-state index >= 15 is 0 Å². The Morgan fingerprint density at radius 3 is 1.27 bits per heavy atom. The number of Topliss-reactive ketones (excluding diaryl/α,β-unsaturated/α-hetero) is 2. The summed E-state index contributed by atoms with van der Waals surface area (Å²) in [6, 6.07) is 38.0. The van der Waals surface area contributed by atoms with Crippen molar-refractivity contribution in [3.63, 3.8) is 0 Å². The number of rotatable bonds is 8. The Kier molecular flexibility index (Phi) is 7.69. The second-order valence-corrected chi connectivity index (χ2v) is 14.2. The smallest absolute Gasteiger partial charge is 0.346 e. The number of hydrogen-bond acceptors (Lipinski definition) is 8. The van der Waals surface area contributed by atoms with Gasteiger partial charge in [0.25, 0.3) is 0 Å². The van der Waals surface area contributed by atoms with Gasteiger partial charge in [0.15, 0.2) is 11.6 Å². The zero-order chi connectivity index (χ0) is 38.2. The fourth-order valence-electron chi connectivity index (χ4n) is 8.35. The van der Waals surface area contributed by atoms with Crippen LogP contribution in [0.25, 0.3) is 11.1 Å². The van der Waals surface area contributed by atoms with Crippen molar-refractivity contribution in [2.45, 2.75) is 32.1 Å². The average Bonchev–Trinajstić information content (AvgIpc) is 3.77. The van der Waals surface area contributed by atoms with Crippen LogP contribution >= 0.6 is 0 Å². The van der Waals surface area contributed by atoms with E-state index in [0.29, 0.717) is 11.1 Å². The zero-order valence-corrected chi connectivity index (χ0v) is 29.7. The van der Waals surface area contributed by atoms with E-state index in [-0.39, 0.29) is 46.7 Å². The zero-order valence-electron chi connectivity index (χ0n) is 29.7. The summed E-state index contributed by atoms with van der Waals surface area (Å²) in [5.41, 5.74) is 10.4. The van der Waals surface area contributed by atoms with Crippen molar-refractivity contribution in [1.82, 2.24) is 0 Å². The van der Waals surface area contributed by atoms with Gasteiger partial charge in [-0.05, 0) is 93.7 Å². The number of cyclic esters (lactones) is 4. The molecule has 1 aliphatic carbocycles. The highest BCUT2D eigenvalue weighted by Gasteiger charge is 2.46. The van der Waals surface area contributed by atoms with Gasteiger partial charge in [-0.2, -0.15) is 0 Å². The van der Waals surface area contributed by atoms with Crippen molar-refractivity contribution >= 4 is 35.4 Å². The Morgan fingerprint density at radius 2 is 0.855 bits per heavy atom. The van der Waals surface area contributed by atoms with Crippen LogP contribution in [-0.4, -0.2) is 35.4 Å². The Bertz CT molecular complexity index is 2560. The Labute approximate surface area is 315 Å². The molecule has 8 heteroatoms. The Hall–Kier alpha value is -7.06. The van der Waals surface area contributed by atoms with Gasteiger partial charge in [0.05, 0.1) is 27.7 Å². The van der Waals surface area contributed by atoms with Crippen molar-refractivity contribution in [2.24, 2.45) is 0 Å². The minimum atomic E-state index is -0.751. The number of aryl methyl sites for hydroxylation is 2. The standard InChI is InChI=1S/C47H30O8/c1-25-19-31(15-11-27(25)23-41(48)29-13-17-35-37(21-29)45(52)54-43(35)50)47(39-9-5-3-7-33(39)34-8-4-6-10-40(34)47)32-16-12-28(26(2)20-32)24-42(49)30-14-18-36-38(22-30)46(53)55-44(36)51/h3-22H,23-24H2,1-2H3. The lowest BCUT2D eigenvalue weighted by Gasteiger charge is -2.35. The topological polar surface area (TPSA) is 121 Å². The van der Waals surface area contributed by atoms with Crippen molar-refractivity contribution < 1.29 is 38.2 Å². The molecule has 0 unspecified atom stereocenters. The first-order chi connectivity index (χ1) is 26.5. The number of hydrogen-bond donors (Lipinski definition) is 0. The molecule has 0 atom stereocenters. The minimum absolute atomic E-state index is 0.0949. The van der Waals surface area contributed by atoms with Gasteiger partial charge >= 0.3 is 23.9 Å². The molecule has 8 nitrogen and oxygen atoms in total. The third-order valence-electron chi connectivity index (χ3n) is 11.1. The Balaban J connectivity index is 1.10. The molecular weight excluding hydrogens is 693 g/mol. The minimum Gasteiger partial charge on any atom is -0.386 e. The highest BCUT2D eigenvalue weighted by Crippen LogP contribution is 2.56. The number of benzene rings is 6. The molecule has 0 bridgehead atoms. The van der Waals surface area contributed by atoms with E-state index < -0.39 is 29.3 Å². The third-order valence-corrected chi connectivity index (χ3v) is 11.1. The summed E-state index contributed by atoms with van der Waals surface area (Å²) in [6.45, 7) is 3.97. The Morgan fingerprint density at radius 1 is 0.455 bits per heavy atom. The van der Waals surface area contributed by atoms with E-state index in [1.54, 1.807) is 12.1 Å². The lowest BCUT2D eigenvalue weighted by Crippen LogP contribution is -2.29. The summed E-state index contributed by atoms with van der Waals surface area (Å²) < 4.78 is 9.40. The van der Waals surface area contributed by atoms with Gasteiger partial charge in [-0.3, -0.25) is 9.59 Å². The largest absolute Gasteiger partial charge is 0.386 e. The molecule has 0 amide bonds. The summed E-state index contributed by atoms with van der Waals surface area (Å²) in [6.07, 6.45) is 0.190. The monoisotopic (exact) mass is 722 g/mol. The molecular formula is C47H30O8. The van der Waals surface area contributed by atoms with Crippen LogP contribution < -0.4 is 0 Å². The number of carbonyl (C=O) groups excluding carboxylic acids is 6. The molecule has 0 spiro atoms. The predicted octanol–water partition coefficient (Wildman–Crippen LogP) is 8.14. The van der Waals surface area contributed by atoms with Crippen LogP contribution in [0.3, 0.4) is 0 Å². The van der Waals surface area contributed by atoms with Crippen LogP contribution in [-0.2, 0) is 27.7 Å². The first kappa shape index (κ1) is 33.8. The first-order valence-electron chi connectivity index (χ1n) is 17.8. The number of ether oxygens (including phenoxy) is 2. The van der Waals surface area contributed by atoms with Crippen molar-refractivity contribution in [2.75, 3.05) is 0 Å². The van der Waals surface area contributed by atoms with Gasteiger partial charge in [-0.15, -0.1) is 0 Å². The van der Waals surface area contributed by atoms with E-state index in [2.05, 4.69) is 48.5 Å². The van der Waals surface area contributed by atoms with Crippen molar-refractivity contribution in [3.05, 3.63) is 199 Å². The van der Waals surface area contributed by atoms with Crippen LogP contribution in [0.1, 0.15) is 107 Å². The van der Waals surface area contributed by atoms with Gasteiger partial charge in [-0.1, -0.05) is 97.1 Å². The summed E-state index contributed by atoms with van der Waals surface area (Å²) in [4.78, 5) is 75.2. The van der Waals surface area contributed by atoms with Crippen molar-refractivity contribution in [3.8, 4) is 11.1 Å². The molecule has 6 aromatic rings. The highest BCUT2D eigenvalue weighted by atomic mass is 16.6.